The topological polar surface area (TPSA) is 17.1 Å². The van der Waals surface area contributed by atoms with Crippen LogP contribution in [0.15, 0.2) is 40.9 Å². The molecular formula is C12H13BrO. The Kier molecular flexibility index (Phi) is 4.08. The summed E-state index contributed by atoms with van der Waals surface area (Å²) in [7, 11) is 0. The fourth-order valence-electron chi connectivity index (χ4n) is 1.12. The van der Waals surface area contributed by atoms with Crippen LogP contribution in [-0.4, -0.2) is 5.78 Å². The van der Waals surface area contributed by atoms with Crippen LogP contribution < -0.4 is 0 Å². The van der Waals surface area contributed by atoms with Gasteiger partial charge in [0.05, 0.1) is 0 Å². The molecule has 0 aliphatic heterocycles. The zero-order chi connectivity index (χ0) is 10.6. The zero-order valence-electron chi connectivity index (χ0n) is 8.22. The Morgan fingerprint density at radius 3 is 2.79 bits per heavy atom. The number of carbonyl (C=O) groups excluding carboxylic acids is 1. The lowest BCUT2D eigenvalue weighted by molar-refractivity contribution is 0.0992. The first kappa shape index (κ1) is 11.2. The number of hydrogen-bond donors (Lipinski definition) is 0. The van der Waals surface area contributed by atoms with E-state index in [1.165, 1.54) is 0 Å². The van der Waals surface area contributed by atoms with Gasteiger partial charge in [-0.1, -0.05) is 47.1 Å². The number of ketones is 1. The van der Waals surface area contributed by atoms with Crippen LogP contribution in [-0.2, 0) is 0 Å². The van der Waals surface area contributed by atoms with Crippen molar-refractivity contribution in [3.05, 3.63) is 46.5 Å². The average Bonchev–Trinajstić information content (AvgIpc) is 2.17. The van der Waals surface area contributed by atoms with Gasteiger partial charge in [0.25, 0.3) is 0 Å². The maximum Gasteiger partial charge on any atom is 0.166 e. The van der Waals surface area contributed by atoms with Gasteiger partial charge in [0.15, 0.2) is 5.78 Å². The van der Waals surface area contributed by atoms with Gasteiger partial charge in [-0.3, -0.25) is 4.79 Å². The molecule has 1 aromatic rings. The van der Waals surface area contributed by atoms with E-state index in [-0.39, 0.29) is 5.78 Å². The lowest BCUT2D eigenvalue weighted by Crippen LogP contribution is -1.99. The molecule has 0 amide bonds. The number of carbonyl (C=O) groups is 1. The third-order valence-electron chi connectivity index (χ3n) is 2.06. The number of rotatable bonds is 4. The van der Waals surface area contributed by atoms with E-state index >= 15 is 0 Å². The molecule has 0 heterocycles. The molecule has 1 aromatic carbocycles. The van der Waals surface area contributed by atoms with E-state index in [1.54, 1.807) is 0 Å². The molecule has 0 aliphatic carbocycles. The minimum atomic E-state index is 0.137. The van der Waals surface area contributed by atoms with E-state index in [9.17, 15) is 4.79 Å². The quantitative estimate of drug-likeness (QED) is 0.585. The standard InChI is InChI=1S/C12H13BrO/c1-3-9(2)7-12(14)10-5-4-6-11(13)8-10/h4-6,8H,2-3,7H2,1H3. The van der Waals surface area contributed by atoms with Crippen molar-refractivity contribution >= 4 is 21.7 Å². The molecule has 1 nitrogen and oxygen atoms in total. The molecule has 0 unspecified atom stereocenters. The Morgan fingerprint density at radius 2 is 2.21 bits per heavy atom. The van der Waals surface area contributed by atoms with Crippen LogP contribution >= 0.6 is 15.9 Å². The lowest BCUT2D eigenvalue weighted by atomic mass is 10.0. The Morgan fingerprint density at radius 1 is 1.50 bits per heavy atom. The Bertz CT molecular complexity index is 355. The second kappa shape index (κ2) is 5.11. The molecule has 0 aliphatic rings. The van der Waals surface area contributed by atoms with E-state index in [2.05, 4.69) is 22.5 Å². The van der Waals surface area contributed by atoms with Crippen molar-refractivity contribution in [3.8, 4) is 0 Å². The number of benzene rings is 1. The van der Waals surface area contributed by atoms with E-state index in [4.69, 9.17) is 0 Å². The second-order valence-electron chi connectivity index (χ2n) is 3.21. The van der Waals surface area contributed by atoms with Crippen LogP contribution in [0.5, 0.6) is 0 Å². The maximum atomic E-state index is 11.7. The van der Waals surface area contributed by atoms with Crippen molar-refractivity contribution in [1.82, 2.24) is 0 Å². The van der Waals surface area contributed by atoms with Gasteiger partial charge >= 0.3 is 0 Å². The van der Waals surface area contributed by atoms with Crippen LogP contribution in [0.1, 0.15) is 30.1 Å². The minimum absolute atomic E-state index is 0.137. The fraction of sp³-hybridized carbons (Fsp3) is 0.250. The van der Waals surface area contributed by atoms with Crippen molar-refractivity contribution in [2.24, 2.45) is 0 Å². The summed E-state index contributed by atoms with van der Waals surface area (Å²) in [6.07, 6.45) is 1.31. The average molecular weight is 253 g/mol. The van der Waals surface area contributed by atoms with Gasteiger partial charge in [0.1, 0.15) is 0 Å². The number of Topliss-reactive ketones (excluding diaryl/α,β-unsaturated/α-hetero) is 1. The third-order valence-corrected chi connectivity index (χ3v) is 2.55. The lowest BCUT2D eigenvalue weighted by Gasteiger charge is -2.02. The van der Waals surface area contributed by atoms with E-state index in [1.807, 2.05) is 31.2 Å². The highest BCUT2D eigenvalue weighted by Gasteiger charge is 2.06. The summed E-state index contributed by atoms with van der Waals surface area (Å²) >= 11 is 3.34. The molecule has 0 fully saturated rings. The summed E-state index contributed by atoms with van der Waals surface area (Å²) in [5.41, 5.74) is 1.73. The molecule has 0 radical (unpaired) electrons. The first-order valence-corrected chi connectivity index (χ1v) is 5.38. The molecule has 14 heavy (non-hydrogen) atoms. The summed E-state index contributed by atoms with van der Waals surface area (Å²) < 4.78 is 0.936. The summed E-state index contributed by atoms with van der Waals surface area (Å²) in [6.45, 7) is 5.84. The number of halogens is 1. The molecule has 0 atom stereocenters. The number of allylic oxidation sites excluding steroid dienone is 1. The van der Waals surface area contributed by atoms with Gasteiger partial charge in [0, 0.05) is 16.5 Å². The molecule has 0 aromatic heterocycles. The Balaban J connectivity index is 2.75. The molecule has 74 valence electrons. The van der Waals surface area contributed by atoms with Crippen LogP contribution in [0.3, 0.4) is 0 Å². The summed E-state index contributed by atoms with van der Waals surface area (Å²) in [5, 5.41) is 0. The molecule has 0 bridgehead atoms. The van der Waals surface area contributed by atoms with Crippen LogP contribution in [0, 0.1) is 0 Å². The highest BCUT2D eigenvalue weighted by Crippen LogP contribution is 2.15. The Hall–Kier alpha value is -0.890. The van der Waals surface area contributed by atoms with Gasteiger partial charge in [-0.05, 0) is 18.6 Å². The third kappa shape index (κ3) is 3.11. The van der Waals surface area contributed by atoms with Crippen LogP contribution in [0.4, 0.5) is 0 Å². The second-order valence-corrected chi connectivity index (χ2v) is 4.13. The summed E-state index contributed by atoms with van der Waals surface area (Å²) in [5.74, 6) is 0.137. The summed E-state index contributed by atoms with van der Waals surface area (Å²) in [4.78, 5) is 11.7. The number of hydrogen-bond acceptors (Lipinski definition) is 1. The van der Waals surface area contributed by atoms with Crippen molar-refractivity contribution in [1.29, 1.82) is 0 Å². The molecule has 1 rings (SSSR count). The van der Waals surface area contributed by atoms with Crippen molar-refractivity contribution in [2.75, 3.05) is 0 Å². The van der Waals surface area contributed by atoms with Crippen molar-refractivity contribution < 1.29 is 4.79 Å². The molecule has 2 heteroatoms. The molecule has 0 N–H and O–H groups in total. The predicted molar refractivity (Wildman–Crippen MR) is 62.5 cm³/mol. The van der Waals surface area contributed by atoms with Gasteiger partial charge in [0.2, 0.25) is 0 Å². The van der Waals surface area contributed by atoms with Gasteiger partial charge in [-0.25, -0.2) is 0 Å². The van der Waals surface area contributed by atoms with Crippen molar-refractivity contribution in [3.63, 3.8) is 0 Å². The molecule has 0 spiro atoms. The molecular weight excluding hydrogens is 240 g/mol. The fourth-order valence-corrected chi connectivity index (χ4v) is 1.52. The molecule has 0 saturated carbocycles. The predicted octanol–water partition coefficient (Wildman–Crippen LogP) is 3.99. The first-order valence-electron chi connectivity index (χ1n) is 4.59. The zero-order valence-corrected chi connectivity index (χ0v) is 9.80. The van der Waals surface area contributed by atoms with Gasteiger partial charge < -0.3 is 0 Å². The highest BCUT2D eigenvalue weighted by atomic mass is 79.9. The van der Waals surface area contributed by atoms with Crippen LogP contribution in [0.25, 0.3) is 0 Å². The smallest absolute Gasteiger partial charge is 0.166 e. The molecule has 0 saturated heterocycles. The van der Waals surface area contributed by atoms with E-state index in [0.717, 1.165) is 22.0 Å². The monoisotopic (exact) mass is 252 g/mol. The Labute approximate surface area is 93.0 Å². The largest absolute Gasteiger partial charge is 0.294 e. The van der Waals surface area contributed by atoms with Crippen molar-refractivity contribution in [2.45, 2.75) is 19.8 Å². The highest BCUT2D eigenvalue weighted by molar-refractivity contribution is 9.10. The first-order chi connectivity index (χ1) is 6.63. The van der Waals surface area contributed by atoms with Gasteiger partial charge in [-0.15, -0.1) is 0 Å². The van der Waals surface area contributed by atoms with E-state index < -0.39 is 0 Å². The van der Waals surface area contributed by atoms with E-state index in [0.29, 0.717) is 6.42 Å². The minimum Gasteiger partial charge on any atom is -0.294 e. The normalized spacial score (nSPS) is 9.86. The van der Waals surface area contributed by atoms with Gasteiger partial charge in [-0.2, -0.15) is 0 Å². The maximum absolute atomic E-state index is 11.7. The SMILES string of the molecule is C=C(CC)CC(=O)c1cccc(Br)c1. The van der Waals surface area contributed by atoms with Crippen LogP contribution in [0.2, 0.25) is 0 Å². The summed E-state index contributed by atoms with van der Waals surface area (Å²) in [6, 6.07) is 7.44.